The Morgan fingerprint density at radius 2 is 2.25 bits per heavy atom. The summed E-state index contributed by atoms with van der Waals surface area (Å²) >= 11 is 0. The van der Waals surface area contributed by atoms with E-state index in [1.165, 1.54) is 0 Å². The maximum Gasteiger partial charge on any atom is 0.253 e. The van der Waals surface area contributed by atoms with E-state index in [9.17, 15) is 9.59 Å². The Balaban J connectivity index is 3.06. The highest BCUT2D eigenvalue weighted by molar-refractivity contribution is 6.00. The van der Waals surface area contributed by atoms with Crippen molar-refractivity contribution in [3.05, 3.63) is 0 Å². The number of hydrogen-bond acceptors (Lipinski definition) is 3. The van der Waals surface area contributed by atoms with Gasteiger partial charge in [0.15, 0.2) is 0 Å². The first kappa shape index (κ1) is 2.59. The van der Waals surface area contributed by atoms with E-state index in [1.807, 2.05) is 0 Å². The summed E-state index contributed by atoms with van der Waals surface area (Å²) in [7, 11) is 0. The number of carbonyl (C=O) groups is 2. The maximum atomic E-state index is 10.6. The molecule has 0 saturated carbocycles. The van der Waals surface area contributed by atoms with Crippen LogP contribution in [0.2, 0.25) is 0 Å². The Morgan fingerprint density at radius 1 is 1.62 bits per heavy atom. The quantitative estimate of drug-likeness (QED) is 0.345. The van der Waals surface area contributed by atoms with Crippen LogP contribution < -0.4 is 0 Å². The Morgan fingerprint density at radius 3 is 2.38 bits per heavy atom. The number of imide groups is 1. The summed E-state index contributed by atoms with van der Waals surface area (Å²) in [5.74, 6) is -2.59. The highest BCUT2D eigenvalue weighted by atomic mass is 16.5. The second-order valence-electron chi connectivity index (χ2n) is 1.24. The highest BCUT2D eigenvalue weighted by Crippen LogP contribution is 2.06. The summed E-state index contributed by atoms with van der Waals surface area (Å²) in [6.07, 6.45) is -4.44. The maximum absolute atomic E-state index is 10.6. The molecule has 0 aromatic rings. The van der Waals surface area contributed by atoms with Crippen molar-refractivity contribution in [2.75, 3.05) is 0 Å². The minimum absolute atomic E-state index is 0.350. The second-order valence-corrected chi connectivity index (χ2v) is 1.24. The lowest BCUT2D eigenvalue weighted by Crippen LogP contribution is -2.24. The standard InChI is InChI=1S/C4H5NO3/c6-3-1-2-4(7)5(3)8/h8H,1-2H2/i1D,2D2. The van der Waals surface area contributed by atoms with Gasteiger partial charge in [0.25, 0.3) is 11.8 Å². The van der Waals surface area contributed by atoms with Crippen LogP contribution in [-0.4, -0.2) is 22.1 Å². The summed E-state index contributed by atoms with van der Waals surface area (Å²) in [6.45, 7) is 0. The molecule has 0 bridgehead atoms. The largest absolute Gasteiger partial charge is 0.279 e. The van der Waals surface area contributed by atoms with Gasteiger partial charge in [-0.1, -0.05) is 0 Å². The number of hydroxylamine groups is 2. The number of hydrogen-bond donors (Lipinski definition) is 1. The lowest BCUT2D eigenvalue weighted by Gasteiger charge is -1.98. The fraction of sp³-hybridized carbons (Fsp3) is 0.500. The summed E-state index contributed by atoms with van der Waals surface area (Å²) in [5.41, 5.74) is 0. The summed E-state index contributed by atoms with van der Waals surface area (Å²) in [6, 6.07) is 0. The SMILES string of the molecule is [2H]C1C(=O)N(O)C(=O)C1([2H])[2H]. The molecule has 1 N–H and O–H groups in total. The summed E-state index contributed by atoms with van der Waals surface area (Å²) in [5, 5.41) is 8.20. The van der Waals surface area contributed by atoms with Gasteiger partial charge >= 0.3 is 0 Å². The van der Waals surface area contributed by atoms with Gasteiger partial charge < -0.3 is 0 Å². The zero-order chi connectivity index (χ0) is 8.81. The van der Waals surface area contributed by atoms with Crippen LogP contribution in [0.1, 0.15) is 16.9 Å². The van der Waals surface area contributed by atoms with E-state index in [2.05, 4.69) is 0 Å². The molecule has 1 rings (SSSR count). The van der Waals surface area contributed by atoms with Crippen LogP contribution in [0, 0.1) is 0 Å². The molecule has 1 aliphatic rings. The van der Waals surface area contributed by atoms with Crippen LogP contribution in [-0.2, 0) is 9.59 Å². The first-order chi connectivity index (χ1) is 4.89. The third kappa shape index (κ3) is 0.586. The molecule has 8 heavy (non-hydrogen) atoms. The van der Waals surface area contributed by atoms with Crippen molar-refractivity contribution in [2.24, 2.45) is 0 Å². The van der Waals surface area contributed by atoms with Gasteiger partial charge in [-0.25, -0.2) is 0 Å². The normalized spacial score (nSPS) is 41.4. The third-order valence-corrected chi connectivity index (χ3v) is 0.720. The molecule has 1 heterocycles. The average Bonchev–Trinajstić information content (AvgIpc) is 2.06. The summed E-state index contributed by atoms with van der Waals surface area (Å²) < 4.78 is 20.6. The van der Waals surface area contributed by atoms with Gasteiger partial charge in [0.05, 0.1) is 0 Å². The first-order valence-electron chi connectivity index (χ1n) is 3.46. The molecule has 1 saturated heterocycles. The van der Waals surface area contributed by atoms with Crippen LogP contribution in [0.4, 0.5) is 0 Å². The van der Waals surface area contributed by atoms with Gasteiger partial charge in [-0.15, -0.1) is 0 Å². The molecule has 1 fully saturated rings. The van der Waals surface area contributed by atoms with Gasteiger partial charge in [-0.05, 0) is 0 Å². The first-order valence-corrected chi connectivity index (χ1v) is 1.88. The Bertz CT molecular complexity index is 229. The van der Waals surface area contributed by atoms with Crippen molar-refractivity contribution in [3.8, 4) is 0 Å². The fourth-order valence-corrected chi connectivity index (χ4v) is 0.346. The van der Waals surface area contributed by atoms with Crippen LogP contribution >= 0.6 is 0 Å². The lowest BCUT2D eigenvalue weighted by atomic mass is 10.4. The molecule has 1 unspecified atom stereocenters. The van der Waals surface area contributed by atoms with Gasteiger partial charge in [-0.2, -0.15) is 5.06 Å². The molecule has 0 aliphatic carbocycles. The minimum Gasteiger partial charge on any atom is -0.279 e. The van der Waals surface area contributed by atoms with Crippen molar-refractivity contribution in [2.45, 2.75) is 12.8 Å². The smallest absolute Gasteiger partial charge is 0.253 e. The van der Waals surface area contributed by atoms with E-state index < -0.39 is 24.6 Å². The number of nitrogens with zero attached hydrogens (tertiary/aromatic N) is 1. The van der Waals surface area contributed by atoms with Crippen LogP contribution in [0.3, 0.4) is 0 Å². The van der Waals surface area contributed by atoms with Gasteiger partial charge in [-0.3, -0.25) is 14.8 Å². The van der Waals surface area contributed by atoms with E-state index in [4.69, 9.17) is 9.32 Å². The van der Waals surface area contributed by atoms with Crippen molar-refractivity contribution >= 4 is 11.8 Å². The Hall–Kier alpha value is -0.900. The predicted molar refractivity (Wildman–Crippen MR) is 22.9 cm³/mol. The molecular weight excluding hydrogens is 110 g/mol. The van der Waals surface area contributed by atoms with E-state index in [1.54, 1.807) is 0 Å². The number of amides is 2. The van der Waals surface area contributed by atoms with Crippen LogP contribution in [0.15, 0.2) is 0 Å². The molecule has 0 aromatic heterocycles. The molecule has 1 aliphatic heterocycles. The van der Waals surface area contributed by atoms with Gasteiger partial charge in [0.1, 0.15) is 0 Å². The van der Waals surface area contributed by atoms with Gasteiger partial charge in [0, 0.05) is 16.9 Å². The number of carbonyl (C=O) groups excluding carboxylic acids is 2. The molecule has 4 heteroatoms. The number of rotatable bonds is 0. The highest BCUT2D eigenvalue weighted by Gasteiger charge is 2.26. The molecule has 1 atom stereocenters. The lowest BCUT2D eigenvalue weighted by molar-refractivity contribution is -0.171. The molecule has 0 radical (unpaired) electrons. The average molecular weight is 118 g/mol. The topological polar surface area (TPSA) is 57.6 Å². The fourth-order valence-electron chi connectivity index (χ4n) is 0.346. The van der Waals surface area contributed by atoms with E-state index in [0.717, 1.165) is 0 Å². The Labute approximate surface area is 49.9 Å². The van der Waals surface area contributed by atoms with E-state index in [-0.39, 0.29) is 5.06 Å². The summed E-state index contributed by atoms with van der Waals surface area (Å²) in [4.78, 5) is 21.2. The second kappa shape index (κ2) is 1.56. The molecule has 0 spiro atoms. The van der Waals surface area contributed by atoms with Crippen molar-refractivity contribution in [1.29, 1.82) is 0 Å². The Kier molecular flexibility index (Phi) is 0.504. The monoisotopic (exact) mass is 118 g/mol. The van der Waals surface area contributed by atoms with Crippen LogP contribution in [0.5, 0.6) is 0 Å². The van der Waals surface area contributed by atoms with E-state index >= 15 is 0 Å². The minimum atomic E-state index is -2.59. The molecule has 2 amide bonds. The molecule has 44 valence electrons. The molecule has 0 aromatic carbocycles. The zero-order valence-electron chi connectivity index (χ0n) is 6.79. The van der Waals surface area contributed by atoms with Crippen molar-refractivity contribution < 1.29 is 18.9 Å². The third-order valence-electron chi connectivity index (χ3n) is 0.720. The molecular formula is C4H5NO3. The van der Waals surface area contributed by atoms with Crippen LogP contribution in [0.25, 0.3) is 0 Å². The van der Waals surface area contributed by atoms with Gasteiger partial charge in [0.2, 0.25) is 0 Å². The van der Waals surface area contributed by atoms with Crippen molar-refractivity contribution in [3.63, 3.8) is 0 Å². The van der Waals surface area contributed by atoms with Crippen molar-refractivity contribution in [1.82, 2.24) is 5.06 Å². The molecule has 4 nitrogen and oxygen atoms in total. The van der Waals surface area contributed by atoms with E-state index in [0.29, 0.717) is 0 Å². The zero-order valence-corrected chi connectivity index (χ0v) is 3.79. The predicted octanol–water partition coefficient (Wildman–Crippen LogP) is -0.475.